The lowest BCUT2D eigenvalue weighted by molar-refractivity contribution is -0.121. The van der Waals surface area contributed by atoms with Crippen molar-refractivity contribution >= 4 is 46.2 Å². The van der Waals surface area contributed by atoms with Gasteiger partial charge < -0.3 is 9.47 Å². The van der Waals surface area contributed by atoms with Gasteiger partial charge in [-0.3, -0.25) is 9.69 Å². The zero-order chi connectivity index (χ0) is 18.7. The first-order valence-corrected chi connectivity index (χ1v) is 8.81. The van der Waals surface area contributed by atoms with E-state index < -0.39 is 0 Å². The summed E-state index contributed by atoms with van der Waals surface area (Å²) < 4.78 is 10.5. The minimum absolute atomic E-state index is 0.136. The smallest absolute Gasteiger partial charge is 0.266 e. The molecule has 26 heavy (non-hydrogen) atoms. The lowest BCUT2D eigenvalue weighted by atomic mass is 10.2. The second-order valence-electron chi connectivity index (χ2n) is 5.30. The summed E-state index contributed by atoms with van der Waals surface area (Å²) in [6.07, 6.45) is 3.38. The molecule has 0 bridgehead atoms. The minimum atomic E-state index is -0.136. The molecule has 2 heterocycles. The fraction of sp³-hybridized carbons (Fsp3) is 0.167. The average Bonchev–Trinajstić information content (AvgIpc) is 2.91. The highest BCUT2D eigenvalue weighted by Crippen LogP contribution is 2.35. The molecule has 0 saturated carbocycles. The normalized spacial score (nSPS) is 17.2. The number of halogens is 1. The molecule has 0 atom stereocenters. The molecule has 1 aromatic carbocycles. The standard InChI is InChI=1S/C18H16ClN3O3S/c1-22-17(23)15(10-11-6-7-13(24-2)14(9-11)25-3)26-18(22)21-12-5-4-8-20-16(12)19/h4-10H,1-3H3/b15-10-,21-18?. The van der Waals surface area contributed by atoms with Crippen molar-refractivity contribution in [2.75, 3.05) is 21.3 Å². The van der Waals surface area contributed by atoms with E-state index in [4.69, 9.17) is 21.1 Å². The number of nitrogens with zero attached hydrogens (tertiary/aromatic N) is 3. The Morgan fingerprint density at radius 3 is 2.69 bits per heavy atom. The number of carbonyl (C=O) groups excluding carboxylic acids is 1. The Kier molecular flexibility index (Phi) is 5.49. The number of rotatable bonds is 4. The maximum absolute atomic E-state index is 12.5. The largest absolute Gasteiger partial charge is 0.493 e. The highest BCUT2D eigenvalue weighted by atomic mass is 35.5. The number of aromatic nitrogens is 1. The highest BCUT2D eigenvalue weighted by molar-refractivity contribution is 8.18. The summed E-state index contributed by atoms with van der Waals surface area (Å²) in [7, 11) is 4.82. The molecule has 1 fully saturated rings. The molecular weight excluding hydrogens is 374 g/mol. The van der Waals surface area contributed by atoms with E-state index in [9.17, 15) is 4.79 Å². The Morgan fingerprint density at radius 1 is 1.23 bits per heavy atom. The van der Waals surface area contributed by atoms with Crippen molar-refractivity contribution in [1.82, 2.24) is 9.88 Å². The van der Waals surface area contributed by atoms with Crippen LogP contribution in [0.3, 0.4) is 0 Å². The van der Waals surface area contributed by atoms with Crippen LogP contribution in [0, 0.1) is 0 Å². The quantitative estimate of drug-likeness (QED) is 0.584. The molecule has 1 aromatic heterocycles. The number of hydrogen-bond donors (Lipinski definition) is 0. The monoisotopic (exact) mass is 389 g/mol. The van der Waals surface area contributed by atoms with Crippen LogP contribution in [-0.4, -0.2) is 42.2 Å². The van der Waals surface area contributed by atoms with E-state index >= 15 is 0 Å². The molecule has 3 rings (SSSR count). The second-order valence-corrected chi connectivity index (χ2v) is 6.66. The lowest BCUT2D eigenvalue weighted by Gasteiger charge is -2.08. The van der Waals surface area contributed by atoms with E-state index in [2.05, 4.69) is 9.98 Å². The van der Waals surface area contributed by atoms with Gasteiger partial charge in [0, 0.05) is 13.2 Å². The first kappa shape index (κ1) is 18.3. The van der Waals surface area contributed by atoms with Crippen molar-refractivity contribution in [3.63, 3.8) is 0 Å². The maximum Gasteiger partial charge on any atom is 0.266 e. The van der Waals surface area contributed by atoms with Gasteiger partial charge in [-0.15, -0.1) is 0 Å². The Balaban J connectivity index is 1.92. The van der Waals surface area contributed by atoms with Crippen LogP contribution in [0.4, 0.5) is 5.69 Å². The van der Waals surface area contributed by atoms with E-state index in [-0.39, 0.29) is 5.91 Å². The van der Waals surface area contributed by atoms with Crippen LogP contribution in [0.1, 0.15) is 5.56 Å². The summed E-state index contributed by atoms with van der Waals surface area (Å²) in [5.74, 6) is 1.09. The Hall–Kier alpha value is -2.51. The van der Waals surface area contributed by atoms with Crippen molar-refractivity contribution in [1.29, 1.82) is 0 Å². The van der Waals surface area contributed by atoms with E-state index in [0.29, 0.717) is 32.4 Å². The van der Waals surface area contributed by atoms with Crippen LogP contribution < -0.4 is 9.47 Å². The molecule has 6 nitrogen and oxygen atoms in total. The Morgan fingerprint density at radius 2 is 2.00 bits per heavy atom. The Bertz CT molecular complexity index is 914. The number of carbonyl (C=O) groups is 1. The SMILES string of the molecule is COc1ccc(/C=C2\SC(=Nc3cccnc3Cl)N(C)C2=O)cc1OC. The molecule has 8 heteroatoms. The number of benzene rings is 1. The predicted molar refractivity (Wildman–Crippen MR) is 104 cm³/mol. The van der Waals surface area contributed by atoms with Gasteiger partial charge in [0.2, 0.25) is 0 Å². The van der Waals surface area contributed by atoms with Crippen LogP contribution in [-0.2, 0) is 4.79 Å². The number of likely N-dealkylation sites (N-methyl/N-ethyl adjacent to an activating group) is 1. The molecule has 2 aromatic rings. The van der Waals surface area contributed by atoms with E-state index in [1.807, 2.05) is 12.1 Å². The first-order valence-electron chi connectivity index (χ1n) is 7.62. The zero-order valence-corrected chi connectivity index (χ0v) is 16.0. The summed E-state index contributed by atoms with van der Waals surface area (Å²) in [5, 5.41) is 0.829. The molecule has 0 unspecified atom stereocenters. The predicted octanol–water partition coefficient (Wildman–Crippen LogP) is 3.99. The third-order valence-corrected chi connectivity index (χ3v) is 5.02. The molecule has 0 aliphatic carbocycles. The van der Waals surface area contributed by atoms with Gasteiger partial charge in [-0.2, -0.15) is 0 Å². The topological polar surface area (TPSA) is 64.0 Å². The van der Waals surface area contributed by atoms with Crippen molar-refractivity contribution in [2.45, 2.75) is 0 Å². The summed E-state index contributed by atoms with van der Waals surface area (Å²) >= 11 is 7.32. The molecule has 0 radical (unpaired) electrons. The van der Waals surface area contributed by atoms with Crippen LogP contribution >= 0.6 is 23.4 Å². The van der Waals surface area contributed by atoms with Crippen LogP contribution in [0.15, 0.2) is 46.4 Å². The van der Waals surface area contributed by atoms with Crippen molar-refractivity contribution in [3.05, 3.63) is 52.2 Å². The lowest BCUT2D eigenvalue weighted by Crippen LogP contribution is -2.23. The molecular formula is C18H16ClN3O3S. The number of amides is 1. The molecule has 1 amide bonds. The highest BCUT2D eigenvalue weighted by Gasteiger charge is 2.30. The van der Waals surface area contributed by atoms with Gasteiger partial charge in [-0.1, -0.05) is 17.7 Å². The Labute approximate surface area is 160 Å². The van der Waals surface area contributed by atoms with Crippen LogP contribution in [0.5, 0.6) is 11.5 Å². The summed E-state index contributed by atoms with van der Waals surface area (Å²) in [6, 6.07) is 8.95. The third-order valence-electron chi connectivity index (χ3n) is 3.66. The molecule has 0 spiro atoms. The molecule has 1 aliphatic heterocycles. The van der Waals surface area contributed by atoms with Gasteiger partial charge in [0.15, 0.2) is 21.8 Å². The number of hydrogen-bond acceptors (Lipinski definition) is 6. The summed E-state index contributed by atoms with van der Waals surface area (Å²) in [4.78, 5) is 23.0. The van der Waals surface area contributed by atoms with Crippen LogP contribution in [0.2, 0.25) is 5.15 Å². The molecule has 1 aliphatic rings. The maximum atomic E-state index is 12.5. The van der Waals surface area contributed by atoms with Gasteiger partial charge in [-0.25, -0.2) is 9.98 Å². The second kappa shape index (κ2) is 7.80. The van der Waals surface area contributed by atoms with Gasteiger partial charge in [0.05, 0.1) is 19.1 Å². The van der Waals surface area contributed by atoms with E-state index in [0.717, 1.165) is 5.56 Å². The number of ether oxygens (including phenoxy) is 2. The van der Waals surface area contributed by atoms with E-state index in [1.54, 1.807) is 51.7 Å². The zero-order valence-electron chi connectivity index (χ0n) is 14.4. The van der Waals surface area contributed by atoms with Crippen molar-refractivity contribution in [2.24, 2.45) is 4.99 Å². The first-order chi connectivity index (χ1) is 12.5. The van der Waals surface area contributed by atoms with Gasteiger partial charge in [0.1, 0.15) is 5.69 Å². The van der Waals surface area contributed by atoms with E-state index in [1.165, 1.54) is 16.7 Å². The third kappa shape index (κ3) is 3.68. The number of methoxy groups -OCH3 is 2. The molecule has 1 saturated heterocycles. The number of amidine groups is 1. The molecule has 134 valence electrons. The van der Waals surface area contributed by atoms with Gasteiger partial charge in [0.25, 0.3) is 5.91 Å². The number of aliphatic imine (C=N–C) groups is 1. The van der Waals surface area contributed by atoms with Crippen LogP contribution in [0.25, 0.3) is 6.08 Å². The fourth-order valence-electron chi connectivity index (χ4n) is 2.31. The van der Waals surface area contributed by atoms with Crippen molar-refractivity contribution in [3.8, 4) is 11.5 Å². The minimum Gasteiger partial charge on any atom is -0.493 e. The number of pyridine rings is 1. The average molecular weight is 390 g/mol. The van der Waals surface area contributed by atoms with Gasteiger partial charge >= 0.3 is 0 Å². The fourth-order valence-corrected chi connectivity index (χ4v) is 3.45. The molecule has 0 N–H and O–H groups in total. The summed E-state index contributed by atoms with van der Waals surface area (Å²) in [6.45, 7) is 0. The van der Waals surface area contributed by atoms with Gasteiger partial charge in [-0.05, 0) is 47.7 Å². The van der Waals surface area contributed by atoms with Crippen molar-refractivity contribution < 1.29 is 14.3 Å². The number of thioether (sulfide) groups is 1. The summed E-state index contributed by atoms with van der Waals surface area (Å²) in [5.41, 5.74) is 1.34.